The van der Waals surface area contributed by atoms with Gasteiger partial charge >= 0.3 is 0 Å². The summed E-state index contributed by atoms with van der Waals surface area (Å²) < 4.78 is 12.8. The predicted molar refractivity (Wildman–Crippen MR) is 92.7 cm³/mol. The molecule has 0 aliphatic heterocycles. The molecule has 0 bridgehead atoms. The Bertz CT molecular complexity index is 662. The van der Waals surface area contributed by atoms with Gasteiger partial charge in [0.15, 0.2) is 0 Å². The second-order valence-corrected chi connectivity index (χ2v) is 5.87. The monoisotopic (exact) mass is 354 g/mol. The first-order chi connectivity index (χ1) is 11.0. The summed E-state index contributed by atoms with van der Waals surface area (Å²) in [4.78, 5) is 11.8. The maximum atomic E-state index is 12.8. The SMILES string of the molecule is O=C(CCNCCc1ccc(F)cc1)Nc1ccc(Cl)c(Cl)c1. The molecule has 2 rings (SSSR count). The third kappa shape index (κ3) is 6.18. The van der Waals surface area contributed by atoms with Crippen LogP contribution in [-0.4, -0.2) is 19.0 Å². The van der Waals surface area contributed by atoms with Gasteiger partial charge in [-0.3, -0.25) is 4.79 Å². The topological polar surface area (TPSA) is 41.1 Å². The zero-order chi connectivity index (χ0) is 16.7. The van der Waals surface area contributed by atoms with E-state index >= 15 is 0 Å². The number of hydrogen-bond acceptors (Lipinski definition) is 2. The Morgan fingerprint density at radius 3 is 2.43 bits per heavy atom. The van der Waals surface area contributed by atoms with E-state index in [1.807, 2.05) is 0 Å². The first kappa shape index (κ1) is 17.7. The number of anilines is 1. The average Bonchev–Trinajstić information content (AvgIpc) is 2.52. The summed E-state index contributed by atoms with van der Waals surface area (Å²) >= 11 is 11.7. The number of nitrogens with one attached hydrogen (secondary N) is 2. The van der Waals surface area contributed by atoms with Crippen molar-refractivity contribution in [2.75, 3.05) is 18.4 Å². The molecule has 0 unspecified atom stereocenters. The number of benzene rings is 2. The number of halogens is 3. The van der Waals surface area contributed by atoms with Crippen LogP contribution in [0, 0.1) is 5.82 Å². The zero-order valence-electron chi connectivity index (χ0n) is 12.4. The second kappa shape index (κ2) is 8.87. The van der Waals surface area contributed by atoms with Crippen molar-refractivity contribution in [1.82, 2.24) is 5.32 Å². The first-order valence-corrected chi connectivity index (χ1v) is 8.00. The molecule has 0 aliphatic carbocycles. The maximum absolute atomic E-state index is 12.8. The van der Waals surface area contributed by atoms with E-state index in [-0.39, 0.29) is 11.7 Å². The summed E-state index contributed by atoms with van der Waals surface area (Å²) in [5.41, 5.74) is 1.68. The van der Waals surface area contributed by atoms with Crippen molar-refractivity contribution in [3.63, 3.8) is 0 Å². The molecule has 23 heavy (non-hydrogen) atoms. The molecule has 0 fully saturated rings. The van der Waals surface area contributed by atoms with E-state index in [0.29, 0.717) is 28.7 Å². The van der Waals surface area contributed by atoms with Crippen LogP contribution < -0.4 is 10.6 Å². The minimum Gasteiger partial charge on any atom is -0.326 e. The first-order valence-electron chi connectivity index (χ1n) is 7.24. The van der Waals surface area contributed by atoms with Gasteiger partial charge in [0.2, 0.25) is 5.91 Å². The third-order valence-electron chi connectivity index (χ3n) is 3.24. The quantitative estimate of drug-likeness (QED) is 0.728. The van der Waals surface area contributed by atoms with Gasteiger partial charge in [-0.15, -0.1) is 0 Å². The summed E-state index contributed by atoms with van der Waals surface area (Å²) in [6, 6.07) is 11.4. The van der Waals surface area contributed by atoms with Crippen LogP contribution in [0.5, 0.6) is 0 Å². The highest BCUT2D eigenvalue weighted by molar-refractivity contribution is 6.42. The normalized spacial score (nSPS) is 10.6. The fraction of sp³-hybridized carbons (Fsp3) is 0.235. The van der Waals surface area contributed by atoms with E-state index in [9.17, 15) is 9.18 Å². The lowest BCUT2D eigenvalue weighted by Crippen LogP contribution is -2.23. The molecule has 0 atom stereocenters. The lowest BCUT2D eigenvalue weighted by molar-refractivity contribution is -0.116. The van der Waals surface area contributed by atoms with Crippen molar-refractivity contribution in [3.05, 3.63) is 63.9 Å². The highest BCUT2D eigenvalue weighted by atomic mass is 35.5. The number of rotatable bonds is 7. The highest BCUT2D eigenvalue weighted by Gasteiger charge is 2.04. The lowest BCUT2D eigenvalue weighted by Gasteiger charge is -2.07. The number of carbonyl (C=O) groups excluding carboxylic acids is 1. The molecule has 0 aromatic heterocycles. The van der Waals surface area contributed by atoms with Crippen LogP contribution in [0.15, 0.2) is 42.5 Å². The van der Waals surface area contributed by atoms with Crippen LogP contribution in [0.3, 0.4) is 0 Å². The fourth-order valence-electron chi connectivity index (χ4n) is 2.01. The molecule has 2 aromatic carbocycles. The molecule has 3 nitrogen and oxygen atoms in total. The van der Waals surface area contributed by atoms with Crippen LogP contribution >= 0.6 is 23.2 Å². The second-order valence-electron chi connectivity index (χ2n) is 5.05. The Labute approximate surface area is 144 Å². The molecule has 0 spiro atoms. The molecule has 0 saturated carbocycles. The van der Waals surface area contributed by atoms with Crippen molar-refractivity contribution < 1.29 is 9.18 Å². The molecule has 122 valence electrons. The number of amides is 1. The van der Waals surface area contributed by atoms with Gasteiger partial charge in [-0.1, -0.05) is 35.3 Å². The molecule has 2 N–H and O–H groups in total. The van der Waals surface area contributed by atoms with Crippen LogP contribution in [-0.2, 0) is 11.2 Å². The van der Waals surface area contributed by atoms with Gasteiger partial charge in [0.25, 0.3) is 0 Å². The lowest BCUT2D eigenvalue weighted by atomic mass is 10.1. The number of carbonyl (C=O) groups is 1. The van der Waals surface area contributed by atoms with Gasteiger partial charge in [-0.25, -0.2) is 4.39 Å². The van der Waals surface area contributed by atoms with Gasteiger partial charge in [0, 0.05) is 18.7 Å². The molecule has 0 saturated heterocycles. The van der Waals surface area contributed by atoms with Gasteiger partial charge in [-0.2, -0.15) is 0 Å². The summed E-state index contributed by atoms with van der Waals surface area (Å²) in [5, 5.41) is 6.80. The van der Waals surface area contributed by atoms with E-state index in [2.05, 4.69) is 10.6 Å². The maximum Gasteiger partial charge on any atom is 0.225 e. The largest absolute Gasteiger partial charge is 0.326 e. The van der Waals surface area contributed by atoms with E-state index < -0.39 is 0 Å². The van der Waals surface area contributed by atoms with Gasteiger partial charge in [0.1, 0.15) is 5.82 Å². The van der Waals surface area contributed by atoms with Gasteiger partial charge in [-0.05, 0) is 48.9 Å². The molecule has 0 heterocycles. The van der Waals surface area contributed by atoms with E-state index in [0.717, 1.165) is 18.5 Å². The molecular weight excluding hydrogens is 338 g/mol. The zero-order valence-corrected chi connectivity index (χ0v) is 13.9. The number of hydrogen-bond donors (Lipinski definition) is 2. The van der Waals surface area contributed by atoms with E-state index in [1.54, 1.807) is 30.3 Å². The molecule has 1 amide bonds. The fourth-order valence-corrected chi connectivity index (χ4v) is 2.31. The smallest absolute Gasteiger partial charge is 0.225 e. The Balaban J connectivity index is 1.64. The van der Waals surface area contributed by atoms with Gasteiger partial charge in [0.05, 0.1) is 10.0 Å². The summed E-state index contributed by atoms with van der Waals surface area (Å²) in [6.45, 7) is 1.29. The van der Waals surface area contributed by atoms with Crippen LogP contribution in [0.2, 0.25) is 10.0 Å². The Morgan fingerprint density at radius 2 is 1.74 bits per heavy atom. The van der Waals surface area contributed by atoms with Crippen LogP contribution in [0.1, 0.15) is 12.0 Å². The van der Waals surface area contributed by atoms with Crippen molar-refractivity contribution in [2.45, 2.75) is 12.8 Å². The third-order valence-corrected chi connectivity index (χ3v) is 3.97. The molecule has 6 heteroatoms. The van der Waals surface area contributed by atoms with E-state index in [1.165, 1.54) is 12.1 Å². The molecule has 0 aliphatic rings. The van der Waals surface area contributed by atoms with E-state index in [4.69, 9.17) is 23.2 Å². The predicted octanol–water partition coefficient (Wildman–Crippen LogP) is 4.29. The van der Waals surface area contributed by atoms with Gasteiger partial charge < -0.3 is 10.6 Å². The minimum absolute atomic E-state index is 0.0994. The average molecular weight is 355 g/mol. The van der Waals surface area contributed by atoms with Crippen molar-refractivity contribution in [3.8, 4) is 0 Å². The standard InChI is InChI=1S/C17H17Cl2FN2O/c18-15-6-5-14(11-16(15)19)22-17(23)8-10-21-9-7-12-1-3-13(20)4-2-12/h1-6,11,21H,7-10H2,(H,22,23). The highest BCUT2D eigenvalue weighted by Crippen LogP contribution is 2.24. The summed E-state index contributed by atoms with van der Waals surface area (Å²) in [5.74, 6) is -0.335. The Morgan fingerprint density at radius 1 is 1.00 bits per heavy atom. The van der Waals surface area contributed by atoms with Crippen molar-refractivity contribution >= 4 is 34.8 Å². The minimum atomic E-state index is -0.235. The molecule has 2 aromatic rings. The molecule has 0 radical (unpaired) electrons. The Kier molecular flexibility index (Phi) is 6.84. The molecular formula is C17H17Cl2FN2O. The van der Waals surface area contributed by atoms with Crippen LogP contribution in [0.25, 0.3) is 0 Å². The van der Waals surface area contributed by atoms with Crippen molar-refractivity contribution in [2.24, 2.45) is 0 Å². The summed E-state index contributed by atoms with van der Waals surface area (Å²) in [6.07, 6.45) is 1.14. The summed E-state index contributed by atoms with van der Waals surface area (Å²) in [7, 11) is 0. The van der Waals surface area contributed by atoms with Crippen LogP contribution in [0.4, 0.5) is 10.1 Å². The van der Waals surface area contributed by atoms with Crippen molar-refractivity contribution in [1.29, 1.82) is 0 Å². The Hall–Kier alpha value is -1.62.